The Hall–Kier alpha value is -5.07. The van der Waals surface area contributed by atoms with Crippen LogP contribution >= 0.6 is 12.2 Å². The van der Waals surface area contributed by atoms with Crippen LogP contribution in [-0.4, -0.2) is 37.5 Å². The second-order valence-corrected chi connectivity index (χ2v) is 11.7. The number of alkyl carbamates (subject to hydrolysis) is 1. The summed E-state index contributed by atoms with van der Waals surface area (Å²) in [5.41, 5.74) is 2.71. The van der Waals surface area contributed by atoms with Gasteiger partial charge in [0.05, 0.1) is 11.3 Å². The molecular weight excluding hydrogens is 601 g/mol. The fourth-order valence-electron chi connectivity index (χ4n) is 4.06. The fraction of sp³-hybridized carbons (Fsp3) is 0.125. The maximum atomic E-state index is 13.2. The van der Waals surface area contributed by atoms with Crippen molar-refractivity contribution in [2.75, 3.05) is 5.32 Å². The Morgan fingerprint density at radius 1 is 0.727 bits per heavy atom. The maximum Gasteiger partial charge on any atom is 0.408 e. The standard InChI is InChI=1S/C32H30N4O6S2/c37-29(21-24-12-6-2-7-13-24)35-31(43)33-26-16-18-27(19-17-26)44(40,41)36-30(38)28(20-23-10-4-1-5-11-23)34-32(39)42-22-25-14-8-3-9-15-25/h1-19,28H,20-22H2,(H,34,39)(H,36,38)(H2,33,35,37,43)/t28-/m0/s1. The van der Waals surface area contributed by atoms with Gasteiger partial charge in [-0.1, -0.05) is 91.0 Å². The van der Waals surface area contributed by atoms with E-state index in [1.807, 2.05) is 41.1 Å². The van der Waals surface area contributed by atoms with Gasteiger partial charge in [-0.2, -0.15) is 0 Å². The molecule has 0 radical (unpaired) electrons. The van der Waals surface area contributed by atoms with E-state index in [-0.39, 0.29) is 35.4 Å². The minimum Gasteiger partial charge on any atom is -0.445 e. The molecular formula is C32H30N4O6S2. The van der Waals surface area contributed by atoms with Crippen LogP contribution in [0.3, 0.4) is 0 Å². The molecule has 0 aromatic heterocycles. The van der Waals surface area contributed by atoms with Gasteiger partial charge < -0.3 is 20.7 Å². The van der Waals surface area contributed by atoms with Gasteiger partial charge in [-0.3, -0.25) is 9.59 Å². The van der Waals surface area contributed by atoms with Gasteiger partial charge >= 0.3 is 6.09 Å². The average Bonchev–Trinajstić information content (AvgIpc) is 3.01. The Morgan fingerprint density at radius 3 is 1.86 bits per heavy atom. The zero-order chi connectivity index (χ0) is 31.4. The molecule has 0 aliphatic carbocycles. The Morgan fingerprint density at radius 2 is 1.27 bits per heavy atom. The number of amides is 3. The summed E-state index contributed by atoms with van der Waals surface area (Å²) in [6, 6.07) is 31.2. The summed E-state index contributed by atoms with van der Waals surface area (Å²) in [5.74, 6) is -1.24. The summed E-state index contributed by atoms with van der Waals surface area (Å²) in [6.07, 6.45) is -0.701. The third-order valence-electron chi connectivity index (χ3n) is 6.22. The van der Waals surface area contributed by atoms with E-state index in [4.69, 9.17) is 17.0 Å². The van der Waals surface area contributed by atoms with Crippen LogP contribution in [0.25, 0.3) is 0 Å². The molecule has 0 saturated carbocycles. The van der Waals surface area contributed by atoms with Crippen molar-refractivity contribution in [3.8, 4) is 0 Å². The van der Waals surface area contributed by atoms with Crippen molar-refractivity contribution in [3.63, 3.8) is 0 Å². The molecule has 0 spiro atoms. The van der Waals surface area contributed by atoms with Gasteiger partial charge in [0.2, 0.25) is 5.91 Å². The molecule has 0 fully saturated rings. The highest BCUT2D eigenvalue weighted by molar-refractivity contribution is 7.90. The van der Waals surface area contributed by atoms with Gasteiger partial charge in [0.1, 0.15) is 12.6 Å². The van der Waals surface area contributed by atoms with E-state index >= 15 is 0 Å². The van der Waals surface area contributed by atoms with E-state index in [0.717, 1.165) is 11.1 Å². The van der Waals surface area contributed by atoms with E-state index in [1.165, 1.54) is 24.3 Å². The molecule has 10 nitrogen and oxygen atoms in total. The number of anilines is 1. The fourth-order valence-corrected chi connectivity index (χ4v) is 5.31. The average molecular weight is 631 g/mol. The quantitative estimate of drug-likeness (QED) is 0.182. The smallest absolute Gasteiger partial charge is 0.408 e. The second kappa shape index (κ2) is 15.4. The summed E-state index contributed by atoms with van der Waals surface area (Å²) in [6.45, 7) is -0.0226. The summed E-state index contributed by atoms with van der Waals surface area (Å²) in [4.78, 5) is 37.8. The Labute approximate surface area is 260 Å². The van der Waals surface area contributed by atoms with Crippen LogP contribution in [0.5, 0.6) is 0 Å². The van der Waals surface area contributed by atoms with Gasteiger partial charge in [-0.25, -0.2) is 17.9 Å². The van der Waals surface area contributed by atoms with E-state index in [0.29, 0.717) is 11.3 Å². The van der Waals surface area contributed by atoms with Crippen LogP contribution in [0.4, 0.5) is 10.5 Å². The van der Waals surface area contributed by atoms with E-state index in [2.05, 4.69) is 16.0 Å². The second-order valence-electron chi connectivity index (χ2n) is 9.61. The van der Waals surface area contributed by atoms with Crippen molar-refractivity contribution < 1.29 is 27.5 Å². The first-order chi connectivity index (χ1) is 21.2. The Bertz CT molecular complexity index is 1690. The van der Waals surface area contributed by atoms with E-state index in [9.17, 15) is 22.8 Å². The molecule has 0 heterocycles. The van der Waals surface area contributed by atoms with Crippen molar-refractivity contribution in [1.82, 2.24) is 15.4 Å². The highest BCUT2D eigenvalue weighted by Crippen LogP contribution is 2.15. The molecule has 0 aliphatic rings. The number of carbonyl (C=O) groups excluding carboxylic acids is 3. The largest absolute Gasteiger partial charge is 0.445 e. The van der Waals surface area contributed by atoms with Gasteiger partial charge in [-0.15, -0.1) is 0 Å². The molecule has 3 amide bonds. The maximum absolute atomic E-state index is 13.2. The van der Waals surface area contributed by atoms with Crippen LogP contribution in [0.15, 0.2) is 120 Å². The van der Waals surface area contributed by atoms with Crippen molar-refractivity contribution in [2.45, 2.75) is 30.4 Å². The molecule has 0 saturated heterocycles. The van der Waals surface area contributed by atoms with Crippen LogP contribution < -0.4 is 20.7 Å². The molecule has 4 aromatic carbocycles. The number of nitrogens with one attached hydrogen (secondary N) is 4. The third-order valence-corrected chi connectivity index (χ3v) is 7.79. The highest BCUT2D eigenvalue weighted by atomic mass is 32.2. The van der Waals surface area contributed by atoms with Crippen molar-refractivity contribution in [2.24, 2.45) is 0 Å². The number of rotatable bonds is 11. The first-order valence-electron chi connectivity index (χ1n) is 13.5. The highest BCUT2D eigenvalue weighted by Gasteiger charge is 2.27. The number of carbonyl (C=O) groups is 3. The number of thiocarbonyl (C=S) groups is 1. The summed E-state index contributed by atoms with van der Waals surface area (Å²) in [7, 11) is -4.31. The molecule has 1 atom stereocenters. The number of benzene rings is 4. The summed E-state index contributed by atoms with van der Waals surface area (Å²) >= 11 is 5.19. The number of hydrogen-bond donors (Lipinski definition) is 4. The zero-order valence-electron chi connectivity index (χ0n) is 23.4. The van der Waals surface area contributed by atoms with Gasteiger partial charge in [-0.05, 0) is 53.2 Å². The molecule has 4 N–H and O–H groups in total. The van der Waals surface area contributed by atoms with Crippen molar-refractivity contribution >= 4 is 50.9 Å². The van der Waals surface area contributed by atoms with E-state index in [1.54, 1.807) is 54.6 Å². The van der Waals surface area contributed by atoms with Crippen molar-refractivity contribution in [3.05, 3.63) is 132 Å². The molecule has 4 rings (SSSR count). The molecule has 44 heavy (non-hydrogen) atoms. The number of sulfonamides is 1. The molecule has 12 heteroatoms. The Kier molecular flexibility index (Phi) is 11.2. The van der Waals surface area contributed by atoms with Gasteiger partial charge in [0.15, 0.2) is 5.11 Å². The predicted octanol–water partition coefficient (Wildman–Crippen LogP) is 4.08. The van der Waals surface area contributed by atoms with Crippen LogP contribution in [0, 0.1) is 0 Å². The summed E-state index contributed by atoms with van der Waals surface area (Å²) < 4.78 is 33.4. The minimum atomic E-state index is -4.31. The normalized spacial score (nSPS) is 11.5. The SMILES string of the molecule is O=C(Cc1ccccc1)NC(=S)Nc1ccc(S(=O)(=O)NC(=O)[C@H](Cc2ccccc2)NC(=O)OCc2ccccc2)cc1. The van der Waals surface area contributed by atoms with Crippen LogP contribution in [0.2, 0.25) is 0 Å². The third kappa shape index (κ3) is 10.0. The molecule has 0 unspecified atom stereocenters. The lowest BCUT2D eigenvalue weighted by Crippen LogP contribution is -2.49. The lowest BCUT2D eigenvalue weighted by atomic mass is 10.1. The molecule has 4 aromatic rings. The number of ether oxygens (including phenoxy) is 1. The van der Waals surface area contributed by atoms with Crippen LogP contribution in [-0.2, 0) is 43.8 Å². The number of hydrogen-bond acceptors (Lipinski definition) is 7. The van der Waals surface area contributed by atoms with E-state index < -0.39 is 28.1 Å². The first kappa shape index (κ1) is 31.9. The first-order valence-corrected chi connectivity index (χ1v) is 15.4. The van der Waals surface area contributed by atoms with Gasteiger partial charge in [0, 0.05) is 12.1 Å². The lowest BCUT2D eigenvalue weighted by Gasteiger charge is -2.19. The molecule has 226 valence electrons. The monoisotopic (exact) mass is 630 g/mol. The van der Waals surface area contributed by atoms with Crippen molar-refractivity contribution in [1.29, 1.82) is 0 Å². The van der Waals surface area contributed by atoms with Crippen LogP contribution in [0.1, 0.15) is 16.7 Å². The topological polar surface area (TPSA) is 143 Å². The summed E-state index contributed by atoms with van der Waals surface area (Å²) in [5, 5.41) is 7.92. The van der Waals surface area contributed by atoms with Gasteiger partial charge in [0.25, 0.3) is 15.9 Å². The molecule has 0 aliphatic heterocycles. The Balaban J connectivity index is 1.36. The molecule has 0 bridgehead atoms. The predicted molar refractivity (Wildman–Crippen MR) is 170 cm³/mol. The zero-order valence-corrected chi connectivity index (χ0v) is 25.1. The lowest BCUT2D eigenvalue weighted by molar-refractivity contribution is -0.121. The minimum absolute atomic E-state index is 0.0226.